The summed E-state index contributed by atoms with van der Waals surface area (Å²) < 4.78 is 0. The fraction of sp³-hybridized carbons (Fsp3) is 0.571. The number of rotatable bonds is 1. The summed E-state index contributed by atoms with van der Waals surface area (Å²) in [6.07, 6.45) is 19.8. The average molecular weight is 186 g/mol. The van der Waals surface area contributed by atoms with Gasteiger partial charge in [0.1, 0.15) is 0 Å². The second kappa shape index (κ2) is 3.12. The zero-order valence-corrected chi connectivity index (χ0v) is 8.71. The monoisotopic (exact) mass is 186 g/mol. The van der Waals surface area contributed by atoms with Gasteiger partial charge in [0.05, 0.1) is 0 Å². The van der Waals surface area contributed by atoms with Gasteiger partial charge in [0.2, 0.25) is 0 Å². The van der Waals surface area contributed by atoms with E-state index in [1.807, 2.05) is 0 Å². The molecule has 0 nitrogen and oxygen atoms in total. The summed E-state index contributed by atoms with van der Waals surface area (Å²) in [6, 6.07) is 0. The van der Waals surface area contributed by atoms with E-state index in [1.54, 1.807) is 5.57 Å². The summed E-state index contributed by atoms with van der Waals surface area (Å²) in [4.78, 5) is 0. The Labute approximate surface area is 86.4 Å². The number of hydrogen-bond acceptors (Lipinski definition) is 0. The molecule has 0 aliphatic heterocycles. The van der Waals surface area contributed by atoms with Crippen molar-refractivity contribution < 1.29 is 0 Å². The minimum Gasteiger partial charge on any atom is -0.0804 e. The van der Waals surface area contributed by atoms with Crippen molar-refractivity contribution >= 4 is 0 Å². The van der Waals surface area contributed by atoms with Gasteiger partial charge in [-0.05, 0) is 49.9 Å². The predicted molar refractivity (Wildman–Crippen MR) is 60.0 cm³/mol. The van der Waals surface area contributed by atoms with Gasteiger partial charge in [-0.2, -0.15) is 0 Å². The Balaban J connectivity index is 1.91. The molecule has 2 bridgehead atoms. The molecule has 0 unspecified atom stereocenters. The summed E-state index contributed by atoms with van der Waals surface area (Å²) in [7, 11) is 0. The molecule has 14 heavy (non-hydrogen) atoms. The first kappa shape index (κ1) is 8.52. The van der Waals surface area contributed by atoms with Crippen LogP contribution >= 0.6 is 0 Å². The lowest BCUT2D eigenvalue weighted by atomic mass is 9.76. The summed E-state index contributed by atoms with van der Waals surface area (Å²) in [6.45, 7) is 0. The number of hydrogen-bond donors (Lipinski definition) is 0. The van der Waals surface area contributed by atoms with Crippen LogP contribution in [0.5, 0.6) is 0 Å². The van der Waals surface area contributed by atoms with E-state index in [-0.39, 0.29) is 0 Å². The highest BCUT2D eigenvalue weighted by molar-refractivity contribution is 5.30. The molecule has 3 aliphatic rings. The molecular formula is C14H18. The minimum absolute atomic E-state index is 0.629. The number of fused-ring (bicyclic) bond motifs is 2. The minimum atomic E-state index is 0.629. The molecule has 74 valence electrons. The molecule has 3 rings (SSSR count). The van der Waals surface area contributed by atoms with Crippen LogP contribution in [0.15, 0.2) is 36.0 Å². The van der Waals surface area contributed by atoms with Crippen LogP contribution in [-0.2, 0) is 0 Å². The lowest BCUT2D eigenvalue weighted by Crippen LogP contribution is -2.16. The molecule has 0 N–H and O–H groups in total. The molecular weight excluding hydrogens is 168 g/mol. The van der Waals surface area contributed by atoms with Crippen LogP contribution in [0, 0.1) is 11.3 Å². The van der Waals surface area contributed by atoms with Crippen LogP contribution in [0.25, 0.3) is 0 Å². The molecule has 0 spiro atoms. The molecule has 0 aromatic carbocycles. The van der Waals surface area contributed by atoms with Crippen molar-refractivity contribution in [3.05, 3.63) is 36.0 Å². The molecule has 0 aromatic heterocycles. The topological polar surface area (TPSA) is 0 Å². The lowest BCUT2D eigenvalue weighted by Gasteiger charge is -2.29. The van der Waals surface area contributed by atoms with E-state index < -0.39 is 0 Å². The van der Waals surface area contributed by atoms with Gasteiger partial charge in [0, 0.05) is 0 Å². The fourth-order valence-electron chi connectivity index (χ4n) is 3.61. The van der Waals surface area contributed by atoms with Gasteiger partial charge in [-0.3, -0.25) is 0 Å². The van der Waals surface area contributed by atoms with Crippen molar-refractivity contribution in [2.45, 2.75) is 38.5 Å². The highest BCUT2D eigenvalue weighted by Crippen LogP contribution is 2.58. The fourth-order valence-corrected chi connectivity index (χ4v) is 3.61. The van der Waals surface area contributed by atoms with E-state index in [0.29, 0.717) is 5.41 Å². The van der Waals surface area contributed by atoms with E-state index in [9.17, 15) is 0 Å². The SMILES string of the molecule is C1=CC=C(C23CCC(CC2)C3)CC=C1. The van der Waals surface area contributed by atoms with Gasteiger partial charge in [0.15, 0.2) is 0 Å². The van der Waals surface area contributed by atoms with Gasteiger partial charge in [-0.15, -0.1) is 0 Å². The maximum absolute atomic E-state index is 2.38. The molecule has 0 amide bonds. The van der Waals surface area contributed by atoms with Crippen LogP contribution in [0.1, 0.15) is 38.5 Å². The van der Waals surface area contributed by atoms with Crippen molar-refractivity contribution in [1.82, 2.24) is 0 Å². The second-order valence-electron chi connectivity index (χ2n) is 5.14. The van der Waals surface area contributed by atoms with Gasteiger partial charge in [-0.25, -0.2) is 0 Å². The first-order valence-corrected chi connectivity index (χ1v) is 5.92. The Hall–Kier alpha value is -0.780. The third-order valence-corrected chi connectivity index (χ3v) is 4.42. The summed E-state index contributed by atoms with van der Waals surface area (Å²) in [5.74, 6) is 1.06. The van der Waals surface area contributed by atoms with E-state index in [4.69, 9.17) is 0 Å². The quantitative estimate of drug-likeness (QED) is 0.580. The molecule has 0 heterocycles. The highest BCUT2D eigenvalue weighted by Gasteiger charge is 2.46. The maximum atomic E-state index is 2.38. The standard InChI is InChI=1S/C14H18/c1-2-4-6-13(5-3-1)14-9-7-12(11-14)8-10-14/h1-5,12H,6-11H2. The van der Waals surface area contributed by atoms with Crippen molar-refractivity contribution in [1.29, 1.82) is 0 Å². The molecule has 0 atom stereocenters. The first-order chi connectivity index (χ1) is 6.89. The second-order valence-corrected chi connectivity index (χ2v) is 5.14. The average Bonchev–Trinajstić information content (AvgIpc) is 2.70. The Kier molecular flexibility index (Phi) is 1.90. The highest BCUT2D eigenvalue weighted by atomic mass is 14.5. The lowest BCUT2D eigenvalue weighted by molar-refractivity contribution is 0.354. The summed E-state index contributed by atoms with van der Waals surface area (Å²) in [5.41, 5.74) is 2.34. The first-order valence-electron chi connectivity index (χ1n) is 5.92. The maximum Gasteiger partial charge on any atom is -0.00790 e. The normalized spacial score (nSPS) is 40.0. The molecule has 3 aliphatic carbocycles. The molecule has 0 saturated heterocycles. The molecule has 0 aromatic rings. The van der Waals surface area contributed by atoms with Crippen LogP contribution in [0.2, 0.25) is 0 Å². The number of allylic oxidation sites excluding steroid dienone is 6. The van der Waals surface area contributed by atoms with Gasteiger partial charge in [-0.1, -0.05) is 36.0 Å². The molecule has 0 radical (unpaired) electrons. The van der Waals surface area contributed by atoms with Crippen molar-refractivity contribution in [2.24, 2.45) is 11.3 Å². The Morgan fingerprint density at radius 3 is 2.64 bits per heavy atom. The van der Waals surface area contributed by atoms with E-state index in [1.165, 1.54) is 38.5 Å². The van der Waals surface area contributed by atoms with Gasteiger partial charge < -0.3 is 0 Å². The summed E-state index contributed by atoms with van der Waals surface area (Å²) >= 11 is 0. The van der Waals surface area contributed by atoms with Crippen LogP contribution < -0.4 is 0 Å². The van der Waals surface area contributed by atoms with Crippen LogP contribution in [-0.4, -0.2) is 0 Å². The Morgan fingerprint density at radius 1 is 1.07 bits per heavy atom. The third kappa shape index (κ3) is 1.20. The van der Waals surface area contributed by atoms with E-state index in [2.05, 4.69) is 30.4 Å². The van der Waals surface area contributed by atoms with Gasteiger partial charge >= 0.3 is 0 Å². The zero-order chi connectivity index (χ0) is 9.43. The Bertz CT molecular complexity index is 309. The Morgan fingerprint density at radius 2 is 1.93 bits per heavy atom. The van der Waals surface area contributed by atoms with E-state index >= 15 is 0 Å². The zero-order valence-electron chi connectivity index (χ0n) is 8.71. The summed E-state index contributed by atoms with van der Waals surface area (Å²) in [5, 5.41) is 0. The predicted octanol–water partition coefficient (Wildman–Crippen LogP) is 4.01. The van der Waals surface area contributed by atoms with Crippen LogP contribution in [0.4, 0.5) is 0 Å². The van der Waals surface area contributed by atoms with Gasteiger partial charge in [0.25, 0.3) is 0 Å². The smallest absolute Gasteiger partial charge is 0.00790 e. The van der Waals surface area contributed by atoms with Crippen molar-refractivity contribution in [3.63, 3.8) is 0 Å². The third-order valence-electron chi connectivity index (χ3n) is 4.42. The largest absolute Gasteiger partial charge is 0.0804 e. The molecule has 0 heteroatoms. The van der Waals surface area contributed by atoms with Crippen molar-refractivity contribution in [2.75, 3.05) is 0 Å². The van der Waals surface area contributed by atoms with Crippen molar-refractivity contribution in [3.8, 4) is 0 Å². The van der Waals surface area contributed by atoms with Crippen LogP contribution in [0.3, 0.4) is 0 Å². The molecule has 2 fully saturated rings. The van der Waals surface area contributed by atoms with E-state index in [0.717, 1.165) is 5.92 Å². The molecule has 2 saturated carbocycles.